The van der Waals surface area contributed by atoms with Crippen molar-refractivity contribution in [3.8, 4) is 0 Å². The molecule has 0 aromatic rings. The molecule has 1 aliphatic rings. The summed E-state index contributed by atoms with van der Waals surface area (Å²) >= 11 is 0. The minimum atomic E-state index is -3.67. The van der Waals surface area contributed by atoms with Gasteiger partial charge in [0.2, 0.25) is 0 Å². The second-order valence-electron chi connectivity index (χ2n) is 5.16. The standard InChI is InChI=1S/C13H25N.CH4O3S/c1-3-4-5-6-7-8-10-13-11-9-12-14(13)2;1-5(2,3)4/h10H,3-9,11-12H2,1-2H3;1H3,(H,2,3,4). The maximum absolute atomic E-state index is 9.19. The molecule has 0 aromatic heterocycles. The number of nitrogens with zero attached hydrogens (tertiary/aromatic N) is 1. The zero-order valence-electron chi connectivity index (χ0n) is 12.6. The summed E-state index contributed by atoms with van der Waals surface area (Å²) in [4.78, 5) is 2.41. The van der Waals surface area contributed by atoms with E-state index in [4.69, 9.17) is 4.55 Å². The summed E-state index contributed by atoms with van der Waals surface area (Å²) in [6.45, 7) is 3.54. The minimum absolute atomic E-state index is 0.715. The van der Waals surface area contributed by atoms with Crippen LogP contribution in [0.25, 0.3) is 0 Å². The molecule has 4 nitrogen and oxygen atoms in total. The molecule has 1 aliphatic heterocycles. The molecule has 1 rings (SSSR count). The van der Waals surface area contributed by atoms with Gasteiger partial charge in [-0.15, -0.1) is 0 Å². The van der Waals surface area contributed by atoms with E-state index in [1.807, 2.05) is 0 Å². The number of unbranched alkanes of at least 4 members (excludes halogenated alkanes) is 5. The highest BCUT2D eigenvalue weighted by molar-refractivity contribution is 7.85. The van der Waals surface area contributed by atoms with E-state index < -0.39 is 10.1 Å². The van der Waals surface area contributed by atoms with Crippen LogP contribution in [-0.2, 0) is 10.1 Å². The van der Waals surface area contributed by atoms with Crippen molar-refractivity contribution in [2.45, 2.75) is 58.3 Å². The van der Waals surface area contributed by atoms with Crippen LogP contribution < -0.4 is 0 Å². The fourth-order valence-electron chi connectivity index (χ4n) is 2.11. The van der Waals surface area contributed by atoms with Crippen molar-refractivity contribution >= 4 is 10.1 Å². The van der Waals surface area contributed by atoms with Gasteiger partial charge in [0.25, 0.3) is 10.1 Å². The zero-order valence-corrected chi connectivity index (χ0v) is 13.4. The van der Waals surface area contributed by atoms with Gasteiger partial charge in [0.05, 0.1) is 6.26 Å². The van der Waals surface area contributed by atoms with Crippen LogP contribution in [0.3, 0.4) is 0 Å². The number of allylic oxidation sites excluding steroid dienone is 2. The molecular weight excluding hydrogens is 262 g/mol. The summed E-state index contributed by atoms with van der Waals surface area (Å²) in [5.74, 6) is 0. The highest BCUT2D eigenvalue weighted by Gasteiger charge is 2.10. The van der Waals surface area contributed by atoms with Crippen LogP contribution >= 0.6 is 0 Å². The van der Waals surface area contributed by atoms with Gasteiger partial charge in [0.1, 0.15) is 0 Å². The summed E-state index contributed by atoms with van der Waals surface area (Å²) in [5.41, 5.74) is 1.58. The third-order valence-corrected chi connectivity index (χ3v) is 3.10. The van der Waals surface area contributed by atoms with E-state index in [9.17, 15) is 8.42 Å². The highest BCUT2D eigenvalue weighted by Crippen LogP contribution is 2.19. The van der Waals surface area contributed by atoms with E-state index in [1.165, 1.54) is 57.9 Å². The lowest BCUT2D eigenvalue weighted by molar-refractivity contribution is 0.478. The van der Waals surface area contributed by atoms with E-state index in [-0.39, 0.29) is 0 Å². The van der Waals surface area contributed by atoms with Crippen LogP contribution in [-0.4, -0.2) is 37.7 Å². The summed E-state index contributed by atoms with van der Waals surface area (Å²) in [5, 5.41) is 0. The van der Waals surface area contributed by atoms with Crippen LogP contribution in [0.5, 0.6) is 0 Å². The van der Waals surface area contributed by atoms with Crippen LogP contribution in [0.15, 0.2) is 11.8 Å². The molecule has 0 saturated carbocycles. The van der Waals surface area contributed by atoms with E-state index in [1.54, 1.807) is 5.70 Å². The number of hydrogen-bond donors (Lipinski definition) is 1. The fraction of sp³-hybridized carbons (Fsp3) is 0.857. The highest BCUT2D eigenvalue weighted by atomic mass is 32.2. The Kier molecular flexibility index (Phi) is 9.97. The summed E-state index contributed by atoms with van der Waals surface area (Å²) in [7, 11) is -1.45. The lowest BCUT2D eigenvalue weighted by Crippen LogP contribution is -2.09. The molecule has 19 heavy (non-hydrogen) atoms. The van der Waals surface area contributed by atoms with E-state index in [0.717, 1.165) is 0 Å². The van der Waals surface area contributed by atoms with Crippen LogP contribution in [0.4, 0.5) is 0 Å². The Morgan fingerprint density at radius 3 is 2.32 bits per heavy atom. The van der Waals surface area contributed by atoms with E-state index >= 15 is 0 Å². The van der Waals surface area contributed by atoms with Crippen molar-refractivity contribution in [3.63, 3.8) is 0 Å². The summed E-state index contributed by atoms with van der Waals surface area (Å²) in [6, 6.07) is 0. The van der Waals surface area contributed by atoms with Gasteiger partial charge in [-0.2, -0.15) is 8.42 Å². The third-order valence-electron chi connectivity index (χ3n) is 3.10. The molecule has 1 saturated heterocycles. The molecular formula is C14H29NO3S. The molecule has 0 bridgehead atoms. The maximum atomic E-state index is 9.19. The van der Waals surface area contributed by atoms with Crippen LogP contribution in [0.2, 0.25) is 0 Å². The van der Waals surface area contributed by atoms with Gasteiger partial charge < -0.3 is 4.90 Å². The average molecular weight is 291 g/mol. The second-order valence-corrected chi connectivity index (χ2v) is 6.62. The molecule has 0 aliphatic carbocycles. The van der Waals surface area contributed by atoms with Gasteiger partial charge >= 0.3 is 0 Å². The normalized spacial score (nSPS) is 17.5. The second kappa shape index (κ2) is 10.3. The Morgan fingerprint density at radius 2 is 1.84 bits per heavy atom. The molecule has 0 unspecified atom stereocenters. The quantitative estimate of drug-likeness (QED) is 0.601. The van der Waals surface area contributed by atoms with Gasteiger partial charge in [-0.05, 0) is 25.7 Å². The molecule has 1 N–H and O–H groups in total. The zero-order chi connectivity index (χ0) is 14.7. The Hall–Kier alpha value is -0.550. The SMILES string of the molecule is CCCCCCCC=C1CCCN1C.CS(=O)(=O)O. The van der Waals surface area contributed by atoms with Crippen molar-refractivity contribution in [3.05, 3.63) is 11.8 Å². The first-order valence-electron chi connectivity index (χ1n) is 7.17. The Balaban J connectivity index is 0.000000555. The molecule has 5 heteroatoms. The monoisotopic (exact) mass is 291 g/mol. The lowest BCUT2D eigenvalue weighted by Gasteiger charge is -2.12. The molecule has 0 atom stereocenters. The van der Waals surface area contributed by atoms with E-state index in [0.29, 0.717) is 6.26 Å². The summed E-state index contributed by atoms with van der Waals surface area (Å²) in [6.07, 6.45) is 14.1. The molecule has 1 heterocycles. The van der Waals surface area contributed by atoms with Crippen LogP contribution in [0, 0.1) is 0 Å². The number of hydrogen-bond acceptors (Lipinski definition) is 3. The van der Waals surface area contributed by atoms with Crippen molar-refractivity contribution in [2.75, 3.05) is 19.8 Å². The predicted octanol–water partition coefficient (Wildman–Crippen LogP) is 3.46. The molecule has 1 fully saturated rings. The average Bonchev–Trinajstić information content (AvgIpc) is 2.67. The Bertz CT molecular complexity index is 342. The van der Waals surface area contributed by atoms with Gasteiger partial charge in [0, 0.05) is 19.3 Å². The lowest BCUT2D eigenvalue weighted by atomic mass is 10.1. The Morgan fingerprint density at radius 1 is 1.26 bits per heavy atom. The molecule has 114 valence electrons. The molecule has 0 aromatic carbocycles. The fourth-order valence-corrected chi connectivity index (χ4v) is 2.11. The van der Waals surface area contributed by atoms with Gasteiger partial charge in [-0.1, -0.05) is 38.7 Å². The number of likely N-dealkylation sites (tertiary alicyclic amines) is 1. The first-order chi connectivity index (χ1) is 8.84. The minimum Gasteiger partial charge on any atom is -0.378 e. The molecule has 0 spiro atoms. The predicted molar refractivity (Wildman–Crippen MR) is 80.8 cm³/mol. The molecule has 0 radical (unpaired) electrons. The van der Waals surface area contributed by atoms with Crippen LogP contribution in [0.1, 0.15) is 58.3 Å². The Labute approximate surface area is 118 Å². The van der Waals surface area contributed by atoms with E-state index in [2.05, 4.69) is 24.9 Å². The smallest absolute Gasteiger partial charge is 0.261 e. The summed E-state index contributed by atoms with van der Waals surface area (Å²) < 4.78 is 25.9. The maximum Gasteiger partial charge on any atom is 0.261 e. The van der Waals surface area contributed by atoms with Crippen molar-refractivity contribution in [1.29, 1.82) is 0 Å². The number of rotatable bonds is 6. The van der Waals surface area contributed by atoms with Crippen molar-refractivity contribution < 1.29 is 13.0 Å². The van der Waals surface area contributed by atoms with Gasteiger partial charge in [-0.3, -0.25) is 4.55 Å². The first-order valence-corrected chi connectivity index (χ1v) is 9.02. The largest absolute Gasteiger partial charge is 0.378 e. The third kappa shape index (κ3) is 13.7. The van der Waals surface area contributed by atoms with Gasteiger partial charge in [-0.25, -0.2) is 0 Å². The molecule has 0 amide bonds. The first kappa shape index (κ1) is 18.4. The van der Waals surface area contributed by atoms with Gasteiger partial charge in [0.15, 0.2) is 0 Å². The van der Waals surface area contributed by atoms with Crippen molar-refractivity contribution in [1.82, 2.24) is 4.90 Å². The topological polar surface area (TPSA) is 57.6 Å². The van der Waals surface area contributed by atoms with Crippen molar-refractivity contribution in [2.24, 2.45) is 0 Å².